The molecule has 11 heavy (non-hydrogen) atoms. The molecule has 0 unspecified atom stereocenters. The normalized spacial score (nSPS) is 12.8. The molecule has 0 saturated heterocycles. The highest BCUT2D eigenvalue weighted by molar-refractivity contribution is 9.11. The lowest BCUT2D eigenvalue weighted by molar-refractivity contribution is 0.123. The van der Waals surface area contributed by atoms with Gasteiger partial charge in [-0.2, -0.15) is 8.78 Å². The number of rotatable bonds is 4. The van der Waals surface area contributed by atoms with E-state index in [1.54, 1.807) is 5.32 Å². The van der Waals surface area contributed by atoms with Gasteiger partial charge in [-0.15, -0.1) is 0 Å². The molecular weight excluding hydrogens is 222 g/mol. The second-order valence-electron chi connectivity index (χ2n) is 1.59. The van der Waals surface area contributed by atoms with Crippen molar-refractivity contribution < 1.29 is 13.9 Å². The molecular formula is C5H7BrF2N2O. The van der Waals surface area contributed by atoms with Gasteiger partial charge >= 0.3 is 6.55 Å². The van der Waals surface area contributed by atoms with Crippen LogP contribution >= 0.6 is 15.9 Å². The van der Waals surface area contributed by atoms with E-state index in [-0.39, 0.29) is 10.2 Å². The third kappa shape index (κ3) is 4.05. The minimum absolute atomic E-state index is 0.0648. The van der Waals surface area contributed by atoms with Crippen LogP contribution in [0, 0.1) is 5.41 Å². The van der Waals surface area contributed by atoms with Crippen molar-refractivity contribution >= 4 is 22.1 Å². The molecule has 0 aromatic rings. The molecule has 64 valence electrons. The molecule has 0 aliphatic heterocycles. The summed E-state index contributed by atoms with van der Waals surface area (Å²) in [5.41, 5.74) is 0.0744. The van der Waals surface area contributed by atoms with Gasteiger partial charge in [0.25, 0.3) is 0 Å². The highest BCUT2D eigenvalue weighted by Crippen LogP contribution is 2.08. The number of aliphatic hydroxyl groups is 1. The van der Waals surface area contributed by atoms with E-state index in [0.29, 0.717) is 0 Å². The molecule has 0 atom stereocenters. The van der Waals surface area contributed by atoms with E-state index < -0.39 is 13.2 Å². The molecule has 3 N–H and O–H groups in total. The molecule has 0 aromatic carbocycles. The van der Waals surface area contributed by atoms with Crippen molar-refractivity contribution in [2.45, 2.75) is 6.55 Å². The molecule has 6 heteroatoms. The van der Waals surface area contributed by atoms with Crippen LogP contribution in [0.3, 0.4) is 0 Å². The zero-order chi connectivity index (χ0) is 8.85. The SMILES string of the molecule is N=C/C(CO)=C(/Br)NC(F)F. The van der Waals surface area contributed by atoms with Crippen molar-refractivity contribution in [3.05, 3.63) is 10.2 Å². The van der Waals surface area contributed by atoms with Crippen LogP contribution in [0.1, 0.15) is 0 Å². The van der Waals surface area contributed by atoms with Crippen LogP contribution < -0.4 is 5.32 Å². The van der Waals surface area contributed by atoms with Crippen molar-refractivity contribution in [1.82, 2.24) is 5.32 Å². The summed E-state index contributed by atoms with van der Waals surface area (Å²) in [6, 6.07) is 0. The summed E-state index contributed by atoms with van der Waals surface area (Å²) in [5, 5.41) is 16.9. The third-order valence-electron chi connectivity index (χ3n) is 0.862. The summed E-state index contributed by atoms with van der Waals surface area (Å²) in [6.45, 7) is -3.16. The average molecular weight is 229 g/mol. The lowest BCUT2D eigenvalue weighted by Crippen LogP contribution is -2.18. The van der Waals surface area contributed by atoms with Gasteiger partial charge in [-0.1, -0.05) is 0 Å². The van der Waals surface area contributed by atoms with Gasteiger partial charge in [0.2, 0.25) is 0 Å². The van der Waals surface area contributed by atoms with Crippen LogP contribution in [0.4, 0.5) is 8.78 Å². The highest BCUT2D eigenvalue weighted by atomic mass is 79.9. The molecule has 0 radical (unpaired) electrons. The molecule has 0 fully saturated rings. The first-order valence-corrected chi connectivity index (χ1v) is 3.45. The molecule has 0 aliphatic carbocycles. The maximum atomic E-state index is 11.6. The first-order chi connectivity index (χ1) is 5.11. The Morgan fingerprint density at radius 3 is 2.55 bits per heavy atom. The maximum absolute atomic E-state index is 11.6. The van der Waals surface area contributed by atoms with E-state index in [1.165, 1.54) is 0 Å². The molecule has 0 aliphatic rings. The van der Waals surface area contributed by atoms with Crippen molar-refractivity contribution in [2.75, 3.05) is 6.61 Å². The lowest BCUT2D eigenvalue weighted by atomic mass is 10.3. The van der Waals surface area contributed by atoms with Crippen molar-refractivity contribution in [1.29, 1.82) is 5.41 Å². The summed E-state index contributed by atoms with van der Waals surface area (Å²) in [6.07, 6.45) is 0.791. The smallest absolute Gasteiger partial charge is 0.313 e. The van der Waals surface area contributed by atoms with Crippen molar-refractivity contribution in [2.24, 2.45) is 0 Å². The van der Waals surface area contributed by atoms with Gasteiger partial charge in [0.1, 0.15) is 0 Å². The molecule has 0 spiro atoms. The van der Waals surface area contributed by atoms with Crippen LogP contribution in [0.15, 0.2) is 10.2 Å². The van der Waals surface area contributed by atoms with Crippen LogP contribution in [0.2, 0.25) is 0 Å². The average Bonchev–Trinajstić information content (AvgIpc) is 1.88. The van der Waals surface area contributed by atoms with E-state index in [2.05, 4.69) is 15.9 Å². The summed E-state index contributed by atoms with van der Waals surface area (Å²) in [5.74, 6) is 0. The van der Waals surface area contributed by atoms with Gasteiger partial charge in [-0.05, 0) is 15.9 Å². The topological polar surface area (TPSA) is 56.1 Å². The Morgan fingerprint density at radius 1 is 1.73 bits per heavy atom. The minimum atomic E-state index is -2.70. The highest BCUT2D eigenvalue weighted by Gasteiger charge is 2.05. The number of hydrogen-bond donors (Lipinski definition) is 3. The standard InChI is InChI=1S/C5H7BrF2N2O/c6-4(10-5(7)8)3(1-9)2-11/h1,5,9-11H,2H2/b4-3+,9-1?. The maximum Gasteiger partial charge on any atom is 0.313 e. The fraction of sp³-hybridized carbons (Fsp3) is 0.400. The Kier molecular flexibility index (Phi) is 4.97. The first-order valence-electron chi connectivity index (χ1n) is 2.66. The number of aliphatic hydroxyl groups excluding tert-OH is 1. The zero-order valence-corrected chi connectivity index (χ0v) is 7.03. The van der Waals surface area contributed by atoms with E-state index in [0.717, 1.165) is 6.21 Å². The molecule has 3 nitrogen and oxygen atoms in total. The molecule has 0 amide bonds. The van der Waals surface area contributed by atoms with Gasteiger partial charge in [0.15, 0.2) is 0 Å². The fourth-order valence-corrected chi connectivity index (χ4v) is 0.780. The van der Waals surface area contributed by atoms with Crippen molar-refractivity contribution in [3.63, 3.8) is 0 Å². The quantitative estimate of drug-likeness (QED) is 0.498. The second kappa shape index (κ2) is 5.20. The number of halogens is 3. The zero-order valence-electron chi connectivity index (χ0n) is 5.44. The van der Waals surface area contributed by atoms with Crippen LogP contribution in [0.5, 0.6) is 0 Å². The van der Waals surface area contributed by atoms with E-state index in [9.17, 15) is 8.78 Å². The third-order valence-corrected chi connectivity index (χ3v) is 1.60. The monoisotopic (exact) mass is 228 g/mol. The number of nitrogens with one attached hydrogen (secondary N) is 2. The Hall–Kier alpha value is -0.490. The van der Waals surface area contributed by atoms with E-state index >= 15 is 0 Å². The molecule has 0 aromatic heterocycles. The molecule has 0 bridgehead atoms. The van der Waals surface area contributed by atoms with Crippen molar-refractivity contribution in [3.8, 4) is 0 Å². The van der Waals surface area contributed by atoms with Crippen LogP contribution in [-0.2, 0) is 0 Å². The largest absolute Gasteiger partial charge is 0.392 e. The molecule has 0 rings (SSSR count). The van der Waals surface area contributed by atoms with Gasteiger partial charge in [-0.3, -0.25) is 0 Å². The number of alkyl halides is 2. The van der Waals surface area contributed by atoms with E-state index in [1.807, 2.05) is 0 Å². The lowest BCUT2D eigenvalue weighted by Gasteiger charge is -2.05. The number of hydrogen-bond acceptors (Lipinski definition) is 3. The minimum Gasteiger partial charge on any atom is -0.392 e. The summed E-state index contributed by atoms with van der Waals surface area (Å²) >= 11 is 2.74. The molecule has 0 heterocycles. The fourth-order valence-electron chi connectivity index (χ4n) is 0.367. The second-order valence-corrected chi connectivity index (χ2v) is 2.38. The van der Waals surface area contributed by atoms with Crippen LogP contribution in [-0.4, -0.2) is 24.5 Å². The summed E-state index contributed by atoms with van der Waals surface area (Å²) in [7, 11) is 0. The predicted octanol–water partition coefficient (Wildman–Crippen LogP) is 1.05. The Morgan fingerprint density at radius 2 is 2.27 bits per heavy atom. The van der Waals surface area contributed by atoms with Gasteiger partial charge < -0.3 is 15.8 Å². The van der Waals surface area contributed by atoms with E-state index in [4.69, 9.17) is 10.5 Å². The summed E-state index contributed by atoms with van der Waals surface area (Å²) in [4.78, 5) is 0. The predicted molar refractivity (Wildman–Crippen MR) is 41.0 cm³/mol. The Bertz CT molecular complexity index is 172. The Labute approximate surface area is 70.7 Å². The Balaban J connectivity index is 4.23. The van der Waals surface area contributed by atoms with Gasteiger partial charge in [-0.25, -0.2) is 0 Å². The van der Waals surface area contributed by atoms with Gasteiger partial charge in [0, 0.05) is 11.8 Å². The summed E-state index contributed by atoms with van der Waals surface area (Å²) < 4.78 is 23.1. The van der Waals surface area contributed by atoms with Crippen LogP contribution in [0.25, 0.3) is 0 Å². The van der Waals surface area contributed by atoms with Gasteiger partial charge in [0.05, 0.1) is 11.2 Å². The first kappa shape index (κ1) is 10.5. The molecule has 0 saturated carbocycles.